The van der Waals surface area contributed by atoms with Crippen LogP contribution in [0.3, 0.4) is 0 Å². The fourth-order valence-corrected chi connectivity index (χ4v) is 3.85. The molecule has 1 saturated heterocycles. The molecule has 0 spiro atoms. The molecule has 0 aliphatic carbocycles. The molecule has 2 unspecified atom stereocenters. The van der Waals surface area contributed by atoms with E-state index in [9.17, 15) is 4.79 Å². The summed E-state index contributed by atoms with van der Waals surface area (Å²) in [6.07, 6.45) is 0. The number of hydrogen-bond donors (Lipinski definition) is 1. The first-order valence-electron chi connectivity index (χ1n) is 8.65. The smallest absolute Gasteiger partial charge is 0.267 e. The Kier molecular flexibility index (Phi) is 4.91. The number of benzene rings is 1. The zero-order chi connectivity index (χ0) is 18.8. The number of anilines is 1. The van der Waals surface area contributed by atoms with Crippen LogP contribution in [0.5, 0.6) is 5.75 Å². The normalized spacial score (nSPS) is 19.2. The lowest BCUT2D eigenvalue weighted by Gasteiger charge is -2.20. The van der Waals surface area contributed by atoms with Crippen LogP contribution < -0.4 is 15.6 Å². The molecule has 2 aromatic heterocycles. The maximum absolute atomic E-state index is 12.5. The zero-order valence-corrected chi connectivity index (χ0v) is 15.9. The summed E-state index contributed by atoms with van der Waals surface area (Å²) in [5.41, 5.74) is 2.42. The second-order valence-electron chi connectivity index (χ2n) is 6.38. The molecule has 1 N–H and O–H groups in total. The van der Waals surface area contributed by atoms with Crippen LogP contribution in [-0.4, -0.2) is 41.1 Å². The first kappa shape index (κ1) is 17.7. The highest BCUT2D eigenvalue weighted by molar-refractivity contribution is 7.13. The van der Waals surface area contributed by atoms with Gasteiger partial charge in [-0.15, -0.1) is 11.3 Å². The lowest BCUT2D eigenvalue weighted by molar-refractivity contribution is 0.183. The van der Waals surface area contributed by atoms with Gasteiger partial charge >= 0.3 is 0 Å². The molecule has 3 aromatic rings. The van der Waals surface area contributed by atoms with Gasteiger partial charge < -0.3 is 14.8 Å². The Morgan fingerprint density at radius 1 is 1.30 bits per heavy atom. The maximum Gasteiger partial charge on any atom is 0.267 e. The summed E-state index contributed by atoms with van der Waals surface area (Å²) < 4.78 is 12.4. The third-order valence-electron chi connectivity index (χ3n) is 4.48. The van der Waals surface area contributed by atoms with E-state index in [2.05, 4.69) is 15.4 Å². The predicted molar refractivity (Wildman–Crippen MR) is 105 cm³/mol. The summed E-state index contributed by atoms with van der Waals surface area (Å²) in [7, 11) is 1.62. The zero-order valence-electron chi connectivity index (χ0n) is 15.1. The van der Waals surface area contributed by atoms with Crippen molar-refractivity contribution in [3.05, 3.63) is 57.8 Å². The minimum absolute atomic E-state index is 0.0682. The Bertz CT molecular complexity index is 1000. The Morgan fingerprint density at radius 2 is 2.19 bits per heavy atom. The van der Waals surface area contributed by atoms with Crippen LogP contribution in [0.15, 0.2) is 46.6 Å². The van der Waals surface area contributed by atoms with Gasteiger partial charge in [-0.1, -0.05) is 12.1 Å². The molecule has 27 heavy (non-hydrogen) atoms. The highest BCUT2D eigenvalue weighted by Gasteiger charge is 2.32. The highest BCUT2D eigenvalue weighted by atomic mass is 32.1. The van der Waals surface area contributed by atoms with Gasteiger partial charge in [-0.05, 0) is 25.1 Å². The van der Waals surface area contributed by atoms with Crippen LogP contribution >= 0.6 is 11.3 Å². The van der Waals surface area contributed by atoms with Crippen molar-refractivity contribution in [2.75, 3.05) is 25.6 Å². The number of aromatic nitrogens is 3. The van der Waals surface area contributed by atoms with E-state index in [4.69, 9.17) is 9.47 Å². The minimum Gasteiger partial charge on any atom is -0.497 e. The molecular weight excluding hydrogens is 364 g/mol. The molecule has 1 aliphatic heterocycles. The van der Waals surface area contributed by atoms with Crippen molar-refractivity contribution in [2.24, 2.45) is 0 Å². The van der Waals surface area contributed by atoms with Crippen LogP contribution in [0.25, 0.3) is 11.3 Å². The Morgan fingerprint density at radius 3 is 2.96 bits per heavy atom. The molecule has 2 atom stereocenters. The van der Waals surface area contributed by atoms with Crippen LogP contribution in [0.4, 0.5) is 5.13 Å². The van der Waals surface area contributed by atoms with Crippen molar-refractivity contribution in [3.63, 3.8) is 0 Å². The Hall–Kier alpha value is -2.71. The number of rotatable bonds is 5. The standard InChI is InChI=1S/C19H20N4O3S/c1-12-11-27-19(20-12)21-16-9-26-10-17(16)23-18(24)7-6-15(22-23)13-4-3-5-14(8-13)25-2/h3-8,11,16-17H,9-10H2,1-2H3,(H,20,21). The summed E-state index contributed by atoms with van der Waals surface area (Å²) in [4.78, 5) is 16.9. The molecule has 7 nitrogen and oxygen atoms in total. The third-order valence-corrected chi connectivity index (χ3v) is 5.37. The molecule has 3 heterocycles. The van der Waals surface area contributed by atoms with Crippen LogP contribution in [0.1, 0.15) is 11.7 Å². The van der Waals surface area contributed by atoms with E-state index >= 15 is 0 Å². The van der Waals surface area contributed by atoms with E-state index in [-0.39, 0.29) is 17.6 Å². The van der Waals surface area contributed by atoms with Gasteiger partial charge in [0.15, 0.2) is 5.13 Å². The fourth-order valence-electron chi connectivity index (χ4n) is 3.10. The van der Waals surface area contributed by atoms with Gasteiger partial charge in [0.1, 0.15) is 11.8 Å². The number of ether oxygens (including phenoxy) is 2. The van der Waals surface area contributed by atoms with Crippen LogP contribution in [0, 0.1) is 6.92 Å². The van der Waals surface area contributed by atoms with Crippen LogP contribution in [-0.2, 0) is 4.74 Å². The van der Waals surface area contributed by atoms with Gasteiger partial charge in [-0.3, -0.25) is 4.79 Å². The predicted octanol–water partition coefficient (Wildman–Crippen LogP) is 2.74. The van der Waals surface area contributed by atoms with Crippen molar-refractivity contribution in [3.8, 4) is 17.0 Å². The van der Waals surface area contributed by atoms with Gasteiger partial charge in [-0.25, -0.2) is 9.67 Å². The van der Waals surface area contributed by atoms with Crippen molar-refractivity contribution in [1.29, 1.82) is 0 Å². The summed E-state index contributed by atoms with van der Waals surface area (Å²) in [6.45, 7) is 2.88. The average molecular weight is 384 g/mol. The monoisotopic (exact) mass is 384 g/mol. The summed E-state index contributed by atoms with van der Waals surface area (Å²) >= 11 is 1.54. The van der Waals surface area contributed by atoms with Crippen molar-refractivity contribution >= 4 is 16.5 Å². The van der Waals surface area contributed by atoms with Gasteiger partial charge in [0.2, 0.25) is 0 Å². The molecule has 0 bridgehead atoms. The molecule has 8 heteroatoms. The van der Waals surface area contributed by atoms with E-state index in [1.54, 1.807) is 30.6 Å². The molecule has 1 fully saturated rings. The number of methoxy groups -OCH3 is 1. The van der Waals surface area contributed by atoms with Gasteiger partial charge in [0.25, 0.3) is 5.56 Å². The topological polar surface area (TPSA) is 78.3 Å². The number of thiazole rings is 1. The van der Waals surface area contributed by atoms with Gasteiger partial charge in [0.05, 0.1) is 37.8 Å². The molecule has 0 saturated carbocycles. The summed E-state index contributed by atoms with van der Waals surface area (Å²) in [6, 6.07) is 10.6. The Labute approximate surface area is 160 Å². The summed E-state index contributed by atoms with van der Waals surface area (Å²) in [5.74, 6) is 0.745. The highest BCUT2D eigenvalue weighted by Crippen LogP contribution is 2.26. The quantitative estimate of drug-likeness (QED) is 0.729. The lowest BCUT2D eigenvalue weighted by Crippen LogP contribution is -2.37. The average Bonchev–Trinajstić information content (AvgIpc) is 3.31. The van der Waals surface area contributed by atoms with E-state index in [1.165, 1.54) is 4.68 Å². The number of hydrogen-bond acceptors (Lipinski definition) is 7. The number of nitrogens with one attached hydrogen (secondary N) is 1. The molecular formula is C19H20N4O3S. The first-order valence-corrected chi connectivity index (χ1v) is 9.53. The Balaban J connectivity index is 1.65. The van der Waals surface area contributed by atoms with Gasteiger partial charge in [0, 0.05) is 17.0 Å². The number of nitrogens with zero attached hydrogens (tertiary/aromatic N) is 3. The second kappa shape index (κ2) is 7.50. The van der Waals surface area contributed by atoms with Gasteiger partial charge in [-0.2, -0.15) is 5.10 Å². The fraction of sp³-hybridized carbons (Fsp3) is 0.316. The van der Waals surface area contributed by atoms with E-state index < -0.39 is 0 Å². The minimum atomic E-state index is -0.202. The molecule has 4 rings (SSSR count). The third kappa shape index (κ3) is 3.72. The molecule has 1 aliphatic rings. The van der Waals surface area contributed by atoms with Crippen molar-refractivity contribution in [2.45, 2.75) is 19.0 Å². The SMILES string of the molecule is COc1cccc(-c2ccc(=O)n(C3COCC3Nc3nc(C)cs3)n2)c1. The largest absolute Gasteiger partial charge is 0.497 e. The van der Waals surface area contributed by atoms with Crippen molar-refractivity contribution in [1.82, 2.24) is 14.8 Å². The molecule has 140 valence electrons. The molecule has 0 amide bonds. The van der Waals surface area contributed by atoms with E-state index in [1.807, 2.05) is 36.6 Å². The summed E-state index contributed by atoms with van der Waals surface area (Å²) in [5, 5.41) is 10.8. The number of aryl methyl sites for hydroxylation is 1. The maximum atomic E-state index is 12.5. The van der Waals surface area contributed by atoms with E-state index in [0.717, 1.165) is 22.1 Å². The van der Waals surface area contributed by atoms with E-state index in [0.29, 0.717) is 18.9 Å². The first-order chi connectivity index (χ1) is 13.1. The molecule has 0 radical (unpaired) electrons. The lowest BCUT2D eigenvalue weighted by atomic mass is 10.1. The van der Waals surface area contributed by atoms with Crippen LogP contribution in [0.2, 0.25) is 0 Å². The van der Waals surface area contributed by atoms with Crippen molar-refractivity contribution < 1.29 is 9.47 Å². The second-order valence-corrected chi connectivity index (χ2v) is 7.24. The molecule has 1 aromatic carbocycles.